The Bertz CT molecular complexity index is 764. The highest BCUT2D eigenvalue weighted by Gasteiger charge is 2.06. The third-order valence-corrected chi connectivity index (χ3v) is 3.64. The van der Waals surface area contributed by atoms with Crippen LogP contribution in [0.3, 0.4) is 0 Å². The maximum atomic E-state index is 7.44. The molecule has 0 unspecified atom stereocenters. The third kappa shape index (κ3) is 5.68. The summed E-state index contributed by atoms with van der Waals surface area (Å²) in [6, 6.07) is 14.9. The Morgan fingerprint density at radius 2 is 1.79 bits per heavy atom. The van der Waals surface area contributed by atoms with E-state index in [4.69, 9.17) is 5.41 Å². The minimum Gasteiger partial charge on any atom is -0.312 e. The summed E-state index contributed by atoms with van der Waals surface area (Å²) in [4.78, 5) is 2.24. The molecule has 124 valence electrons. The number of allylic oxidation sites excluding steroid dienone is 1. The van der Waals surface area contributed by atoms with Gasteiger partial charge in [0.15, 0.2) is 0 Å². The molecular formula is C22H26N2. The third-order valence-electron chi connectivity index (χ3n) is 3.64. The summed E-state index contributed by atoms with van der Waals surface area (Å²) in [6.07, 6.45) is 5.46. The zero-order valence-corrected chi connectivity index (χ0v) is 14.8. The van der Waals surface area contributed by atoms with Crippen molar-refractivity contribution in [3.05, 3.63) is 60.2 Å². The average molecular weight is 318 g/mol. The summed E-state index contributed by atoms with van der Waals surface area (Å²) in [6.45, 7) is 8.58. The predicted octanol–water partition coefficient (Wildman–Crippen LogP) is 4.90. The second kappa shape index (κ2) is 8.47. The number of nitrogens with one attached hydrogen (secondary N) is 1. The fourth-order valence-corrected chi connectivity index (χ4v) is 2.52. The summed E-state index contributed by atoms with van der Waals surface area (Å²) in [5, 5.41) is 9.99. The summed E-state index contributed by atoms with van der Waals surface area (Å²) < 4.78 is 0. The van der Waals surface area contributed by atoms with Gasteiger partial charge in [-0.25, -0.2) is 0 Å². The monoisotopic (exact) mass is 318 g/mol. The molecule has 24 heavy (non-hydrogen) atoms. The first-order chi connectivity index (χ1) is 11.5. The van der Waals surface area contributed by atoms with Crippen molar-refractivity contribution >= 4 is 17.0 Å². The van der Waals surface area contributed by atoms with E-state index >= 15 is 0 Å². The maximum Gasteiger partial charge on any atom is 0.0337 e. The van der Waals surface area contributed by atoms with E-state index < -0.39 is 0 Å². The molecule has 0 aliphatic carbocycles. The lowest BCUT2D eigenvalue weighted by atomic mass is 9.98. The van der Waals surface area contributed by atoms with Gasteiger partial charge in [0, 0.05) is 31.3 Å². The first-order valence-electron chi connectivity index (χ1n) is 8.35. The maximum absolute atomic E-state index is 7.44. The minimum atomic E-state index is 0.0297. The summed E-state index contributed by atoms with van der Waals surface area (Å²) >= 11 is 0. The number of benzene rings is 2. The van der Waals surface area contributed by atoms with Gasteiger partial charge < -0.3 is 5.41 Å². The van der Waals surface area contributed by atoms with E-state index in [1.165, 1.54) is 22.6 Å². The van der Waals surface area contributed by atoms with Crippen LogP contribution in [0.5, 0.6) is 0 Å². The molecule has 1 N–H and O–H groups in total. The molecule has 0 aromatic heterocycles. The highest BCUT2D eigenvalue weighted by molar-refractivity contribution is 5.85. The highest BCUT2D eigenvalue weighted by Crippen LogP contribution is 2.19. The van der Waals surface area contributed by atoms with Crippen molar-refractivity contribution in [3.63, 3.8) is 0 Å². The van der Waals surface area contributed by atoms with Gasteiger partial charge in [0.25, 0.3) is 0 Å². The smallest absolute Gasteiger partial charge is 0.0337 e. The lowest BCUT2D eigenvalue weighted by Gasteiger charge is -2.19. The van der Waals surface area contributed by atoms with Crippen LogP contribution in [0.25, 0.3) is 10.8 Å². The van der Waals surface area contributed by atoms with E-state index in [9.17, 15) is 0 Å². The molecule has 0 aliphatic rings. The molecule has 2 aromatic carbocycles. The van der Waals surface area contributed by atoms with E-state index in [0.29, 0.717) is 6.54 Å². The molecule has 0 aliphatic heterocycles. The Morgan fingerprint density at radius 1 is 1.04 bits per heavy atom. The van der Waals surface area contributed by atoms with E-state index in [-0.39, 0.29) is 5.41 Å². The first-order valence-corrected chi connectivity index (χ1v) is 8.35. The molecular weight excluding hydrogens is 292 g/mol. The van der Waals surface area contributed by atoms with Gasteiger partial charge in [0.1, 0.15) is 0 Å². The van der Waals surface area contributed by atoms with Crippen molar-refractivity contribution in [1.82, 2.24) is 4.90 Å². The molecule has 2 aromatic rings. The normalized spacial score (nSPS) is 11.7. The van der Waals surface area contributed by atoms with Gasteiger partial charge in [-0.3, -0.25) is 4.90 Å². The predicted molar refractivity (Wildman–Crippen MR) is 104 cm³/mol. The van der Waals surface area contributed by atoms with Crippen molar-refractivity contribution in [3.8, 4) is 11.8 Å². The lowest BCUT2D eigenvalue weighted by Crippen LogP contribution is -2.25. The molecule has 0 bridgehead atoms. The number of hydrogen-bond acceptors (Lipinski definition) is 2. The number of rotatable bonds is 6. The van der Waals surface area contributed by atoms with Gasteiger partial charge in [-0.1, -0.05) is 60.4 Å². The molecule has 2 heteroatoms. The first kappa shape index (κ1) is 18.0. The zero-order valence-electron chi connectivity index (χ0n) is 14.8. The summed E-state index contributed by atoms with van der Waals surface area (Å²) in [7, 11) is 0. The van der Waals surface area contributed by atoms with Crippen LogP contribution < -0.4 is 0 Å². The van der Waals surface area contributed by atoms with Crippen LogP contribution in [0.4, 0.5) is 0 Å². The van der Waals surface area contributed by atoms with Crippen LogP contribution in [0.2, 0.25) is 0 Å². The Balaban J connectivity index is 2.09. The molecule has 0 amide bonds. The Morgan fingerprint density at radius 3 is 2.54 bits per heavy atom. The van der Waals surface area contributed by atoms with E-state index in [1.807, 2.05) is 6.08 Å². The van der Waals surface area contributed by atoms with Crippen molar-refractivity contribution in [1.29, 1.82) is 5.41 Å². The van der Waals surface area contributed by atoms with Crippen LogP contribution in [0.15, 0.2) is 54.6 Å². The van der Waals surface area contributed by atoms with Crippen molar-refractivity contribution in [2.24, 2.45) is 5.41 Å². The quantitative estimate of drug-likeness (QED) is 0.595. The molecule has 0 fully saturated rings. The van der Waals surface area contributed by atoms with Crippen LogP contribution in [0, 0.1) is 22.7 Å². The molecule has 0 heterocycles. The van der Waals surface area contributed by atoms with Gasteiger partial charge in [-0.2, -0.15) is 0 Å². The Hall–Kier alpha value is -2.37. The van der Waals surface area contributed by atoms with Crippen molar-refractivity contribution < 1.29 is 0 Å². The van der Waals surface area contributed by atoms with Gasteiger partial charge in [0.05, 0.1) is 0 Å². The van der Waals surface area contributed by atoms with Gasteiger partial charge in [0.2, 0.25) is 0 Å². The zero-order chi connectivity index (χ0) is 17.4. The Labute approximate surface area is 145 Å². The lowest BCUT2D eigenvalue weighted by molar-refractivity contribution is 0.340. The van der Waals surface area contributed by atoms with E-state index in [0.717, 1.165) is 13.1 Å². The van der Waals surface area contributed by atoms with E-state index in [2.05, 4.69) is 86.1 Å². The van der Waals surface area contributed by atoms with Crippen molar-refractivity contribution in [2.75, 3.05) is 13.1 Å². The minimum absolute atomic E-state index is 0.0297. The van der Waals surface area contributed by atoms with Gasteiger partial charge in [-0.15, -0.1) is 0 Å². The molecule has 2 nitrogen and oxygen atoms in total. The molecule has 0 saturated carbocycles. The fourth-order valence-electron chi connectivity index (χ4n) is 2.52. The van der Waals surface area contributed by atoms with E-state index in [1.54, 1.807) is 0 Å². The summed E-state index contributed by atoms with van der Waals surface area (Å²) in [5.74, 6) is 6.30. The molecule has 0 radical (unpaired) electrons. The fraction of sp³-hybridized carbons (Fsp3) is 0.318. The van der Waals surface area contributed by atoms with Gasteiger partial charge >= 0.3 is 0 Å². The molecule has 0 spiro atoms. The van der Waals surface area contributed by atoms with Crippen molar-refractivity contribution in [2.45, 2.75) is 27.3 Å². The van der Waals surface area contributed by atoms with Gasteiger partial charge in [-0.05, 0) is 43.2 Å². The summed E-state index contributed by atoms with van der Waals surface area (Å²) in [5.41, 5.74) is 1.33. The molecule has 0 saturated heterocycles. The highest BCUT2D eigenvalue weighted by atomic mass is 15.1. The second-order valence-electron chi connectivity index (χ2n) is 6.96. The Kier molecular flexibility index (Phi) is 6.35. The number of fused-ring (bicyclic) bond motifs is 1. The van der Waals surface area contributed by atoms with Crippen LogP contribution >= 0.6 is 0 Å². The number of hydrogen-bond donors (Lipinski definition) is 1. The van der Waals surface area contributed by atoms with Crippen LogP contribution in [-0.4, -0.2) is 24.2 Å². The number of nitrogens with zero attached hydrogens (tertiary/aromatic N) is 1. The second-order valence-corrected chi connectivity index (χ2v) is 6.96. The molecule has 2 rings (SSSR count). The topological polar surface area (TPSA) is 27.1 Å². The van der Waals surface area contributed by atoms with Crippen LogP contribution in [0.1, 0.15) is 26.3 Å². The van der Waals surface area contributed by atoms with Crippen LogP contribution in [-0.2, 0) is 6.54 Å². The molecule has 0 atom stereocenters. The largest absolute Gasteiger partial charge is 0.312 e. The SMILES string of the molecule is CC(C)(C)C#C/C=C/CN(CC=N)Cc1cccc2ccccc12. The standard InChI is InChI=1S/C22H26N2/c1-22(2,3)14-7-4-8-16-24(17-15-23)18-20-12-9-11-19-10-5-6-13-21(19)20/h4-6,8-13,15,23H,16-18H2,1-3H3/b8-4+,23-15?. The average Bonchev–Trinajstić information content (AvgIpc) is 2.54.